The minimum atomic E-state index is -2.19. The van der Waals surface area contributed by atoms with Crippen LogP contribution < -0.4 is 4.74 Å². The van der Waals surface area contributed by atoms with Gasteiger partial charge in [-0.15, -0.1) is 0 Å². The summed E-state index contributed by atoms with van der Waals surface area (Å²) in [6.45, 7) is 4.20. The first kappa shape index (κ1) is 23.1. The Kier molecular flexibility index (Phi) is 5.91. The molecule has 0 aliphatic heterocycles. The summed E-state index contributed by atoms with van der Waals surface area (Å²) in [6, 6.07) is 11.1. The standard InChI is InChI=1S/C26H22O8/c1-4-32-24(30)26(25(31)33-5-2)13-15-9-6-7-10-16(15)20-21(26)23(29)19-17(22(20)28)11-8-12-18(19)34-14(3)27/h6-12H,4-5,13H2,1-3H3. The second-order valence-electron chi connectivity index (χ2n) is 7.86. The molecule has 0 saturated heterocycles. The van der Waals surface area contributed by atoms with Crippen molar-refractivity contribution in [2.45, 2.75) is 27.2 Å². The largest absolute Gasteiger partial charge is 0.465 e. The summed E-state index contributed by atoms with van der Waals surface area (Å²) in [4.78, 5) is 66.3. The molecule has 174 valence electrons. The predicted molar refractivity (Wildman–Crippen MR) is 119 cm³/mol. The summed E-state index contributed by atoms with van der Waals surface area (Å²) in [7, 11) is 0. The van der Waals surface area contributed by atoms with Crippen LogP contribution in [0.15, 0.2) is 48.0 Å². The Morgan fingerprint density at radius 3 is 2.09 bits per heavy atom. The fraction of sp³-hybridized carbons (Fsp3) is 0.269. The van der Waals surface area contributed by atoms with Gasteiger partial charge in [0.1, 0.15) is 5.75 Å². The number of allylic oxidation sites excluding steroid dienone is 1. The molecular formula is C26H22O8. The van der Waals surface area contributed by atoms with E-state index in [1.165, 1.54) is 18.2 Å². The Morgan fingerprint density at radius 2 is 1.47 bits per heavy atom. The van der Waals surface area contributed by atoms with Crippen molar-refractivity contribution in [3.63, 3.8) is 0 Å². The summed E-state index contributed by atoms with van der Waals surface area (Å²) in [6.07, 6.45) is -0.218. The van der Waals surface area contributed by atoms with Gasteiger partial charge in [-0.2, -0.15) is 0 Å². The molecule has 34 heavy (non-hydrogen) atoms. The fourth-order valence-corrected chi connectivity index (χ4v) is 4.58. The number of esters is 3. The molecule has 0 radical (unpaired) electrons. The van der Waals surface area contributed by atoms with Gasteiger partial charge in [0.2, 0.25) is 0 Å². The number of fused-ring (bicyclic) bond motifs is 3. The molecule has 2 aromatic carbocycles. The Labute approximate surface area is 195 Å². The highest BCUT2D eigenvalue weighted by atomic mass is 16.6. The third kappa shape index (κ3) is 3.34. The van der Waals surface area contributed by atoms with Crippen LogP contribution in [0.4, 0.5) is 0 Å². The lowest BCUT2D eigenvalue weighted by molar-refractivity contribution is -0.168. The van der Waals surface area contributed by atoms with Crippen LogP contribution in [-0.2, 0) is 30.3 Å². The Hall–Kier alpha value is -4.07. The van der Waals surface area contributed by atoms with Gasteiger partial charge in [0, 0.05) is 30.1 Å². The van der Waals surface area contributed by atoms with Crippen molar-refractivity contribution in [1.29, 1.82) is 0 Å². The van der Waals surface area contributed by atoms with E-state index in [4.69, 9.17) is 14.2 Å². The van der Waals surface area contributed by atoms with Crippen molar-refractivity contribution < 1.29 is 38.2 Å². The molecule has 0 fully saturated rings. The molecule has 4 rings (SSSR count). The first-order chi connectivity index (χ1) is 16.3. The summed E-state index contributed by atoms with van der Waals surface area (Å²) < 4.78 is 15.7. The topological polar surface area (TPSA) is 113 Å². The molecule has 2 aliphatic carbocycles. The summed E-state index contributed by atoms with van der Waals surface area (Å²) in [5.74, 6) is -4.12. The van der Waals surface area contributed by atoms with E-state index in [0.717, 1.165) is 6.92 Å². The van der Waals surface area contributed by atoms with Crippen molar-refractivity contribution in [1.82, 2.24) is 0 Å². The molecule has 8 heteroatoms. The molecule has 8 nitrogen and oxygen atoms in total. The molecule has 0 unspecified atom stereocenters. The van der Waals surface area contributed by atoms with Gasteiger partial charge in [-0.25, -0.2) is 0 Å². The average molecular weight is 462 g/mol. The third-order valence-corrected chi connectivity index (χ3v) is 5.87. The van der Waals surface area contributed by atoms with Crippen LogP contribution in [0.25, 0.3) is 5.57 Å². The molecule has 0 spiro atoms. The maximum atomic E-state index is 14.0. The van der Waals surface area contributed by atoms with Crippen LogP contribution in [0, 0.1) is 5.41 Å². The van der Waals surface area contributed by atoms with Gasteiger partial charge in [-0.1, -0.05) is 36.4 Å². The van der Waals surface area contributed by atoms with Crippen molar-refractivity contribution in [3.8, 4) is 5.75 Å². The maximum Gasteiger partial charge on any atom is 0.328 e. The van der Waals surface area contributed by atoms with Gasteiger partial charge in [0.05, 0.1) is 18.8 Å². The zero-order valence-electron chi connectivity index (χ0n) is 18.9. The number of hydrogen-bond acceptors (Lipinski definition) is 8. The second kappa shape index (κ2) is 8.70. The highest BCUT2D eigenvalue weighted by Crippen LogP contribution is 2.50. The number of rotatable bonds is 5. The molecule has 2 aromatic rings. The fourth-order valence-electron chi connectivity index (χ4n) is 4.58. The summed E-state index contributed by atoms with van der Waals surface area (Å²) >= 11 is 0. The smallest absolute Gasteiger partial charge is 0.328 e. The van der Waals surface area contributed by atoms with Crippen LogP contribution in [0.5, 0.6) is 5.75 Å². The van der Waals surface area contributed by atoms with Crippen molar-refractivity contribution in [2.24, 2.45) is 5.41 Å². The molecule has 0 heterocycles. The second-order valence-corrected chi connectivity index (χ2v) is 7.86. The Bertz CT molecular complexity index is 1270. The zero-order chi connectivity index (χ0) is 24.6. The summed E-state index contributed by atoms with van der Waals surface area (Å²) in [5, 5.41) is 0. The van der Waals surface area contributed by atoms with E-state index < -0.39 is 34.9 Å². The number of carbonyl (C=O) groups excluding carboxylic acids is 5. The first-order valence-corrected chi connectivity index (χ1v) is 10.9. The van der Waals surface area contributed by atoms with E-state index in [9.17, 15) is 24.0 Å². The van der Waals surface area contributed by atoms with Gasteiger partial charge in [0.15, 0.2) is 17.0 Å². The predicted octanol–water partition coefficient (Wildman–Crippen LogP) is 3.11. The van der Waals surface area contributed by atoms with Gasteiger partial charge in [-0.3, -0.25) is 24.0 Å². The lowest BCUT2D eigenvalue weighted by atomic mass is 9.62. The highest BCUT2D eigenvalue weighted by Gasteiger charge is 2.60. The Morgan fingerprint density at radius 1 is 0.853 bits per heavy atom. The van der Waals surface area contributed by atoms with E-state index in [2.05, 4.69) is 0 Å². The van der Waals surface area contributed by atoms with Crippen LogP contribution in [0.1, 0.15) is 52.6 Å². The third-order valence-electron chi connectivity index (χ3n) is 5.87. The molecule has 0 aromatic heterocycles. The van der Waals surface area contributed by atoms with Crippen molar-refractivity contribution >= 4 is 35.0 Å². The molecule has 0 atom stereocenters. The van der Waals surface area contributed by atoms with E-state index >= 15 is 0 Å². The molecule has 0 amide bonds. The van der Waals surface area contributed by atoms with Crippen LogP contribution in [-0.4, -0.2) is 42.7 Å². The van der Waals surface area contributed by atoms with Crippen molar-refractivity contribution in [3.05, 3.63) is 70.3 Å². The van der Waals surface area contributed by atoms with Crippen LogP contribution in [0.3, 0.4) is 0 Å². The van der Waals surface area contributed by atoms with E-state index in [-0.39, 0.29) is 47.7 Å². The summed E-state index contributed by atoms with van der Waals surface area (Å²) in [5.41, 5.74) is -1.75. The van der Waals surface area contributed by atoms with Crippen molar-refractivity contribution in [2.75, 3.05) is 13.2 Å². The van der Waals surface area contributed by atoms with Crippen LogP contribution >= 0.6 is 0 Å². The number of carbonyl (C=O) groups is 5. The number of hydrogen-bond donors (Lipinski definition) is 0. The van der Waals surface area contributed by atoms with Gasteiger partial charge >= 0.3 is 17.9 Å². The minimum absolute atomic E-state index is 0.0146. The van der Waals surface area contributed by atoms with Crippen LogP contribution in [0.2, 0.25) is 0 Å². The number of benzene rings is 2. The minimum Gasteiger partial charge on any atom is -0.465 e. The first-order valence-electron chi connectivity index (χ1n) is 10.9. The van der Waals surface area contributed by atoms with Gasteiger partial charge in [0.25, 0.3) is 0 Å². The molecular weight excluding hydrogens is 440 g/mol. The normalized spacial score (nSPS) is 15.6. The molecule has 0 saturated carbocycles. The zero-order valence-corrected chi connectivity index (χ0v) is 18.9. The maximum absolute atomic E-state index is 14.0. The monoisotopic (exact) mass is 462 g/mol. The number of ether oxygens (including phenoxy) is 3. The van der Waals surface area contributed by atoms with E-state index in [1.54, 1.807) is 38.1 Å². The average Bonchev–Trinajstić information content (AvgIpc) is 2.81. The SMILES string of the molecule is CCOC(=O)C1(C(=O)OCC)Cc2ccccc2C2=C1C(=O)c1c(OC(C)=O)cccc1C2=O. The van der Waals surface area contributed by atoms with E-state index in [0.29, 0.717) is 11.1 Å². The van der Waals surface area contributed by atoms with E-state index in [1.807, 2.05) is 0 Å². The lowest BCUT2D eigenvalue weighted by Crippen LogP contribution is -2.51. The number of Topliss-reactive ketones (excluding diaryl/α,β-unsaturated/α-hetero) is 2. The van der Waals surface area contributed by atoms with Gasteiger partial charge in [-0.05, 0) is 31.0 Å². The Balaban J connectivity index is 2.10. The molecule has 0 N–H and O–H groups in total. The molecule has 2 aliphatic rings. The van der Waals surface area contributed by atoms with Gasteiger partial charge < -0.3 is 14.2 Å². The lowest BCUT2D eigenvalue weighted by Gasteiger charge is -2.38. The molecule has 0 bridgehead atoms. The quantitative estimate of drug-likeness (QED) is 0.378. The highest BCUT2D eigenvalue weighted by molar-refractivity contribution is 6.44. The number of ketones is 2.